The molecule has 1 aliphatic rings. The molecular weight excluding hydrogens is 348 g/mol. The normalized spacial score (nSPS) is 15.7. The average molecular weight is 368 g/mol. The summed E-state index contributed by atoms with van der Waals surface area (Å²) in [6.45, 7) is 0. The summed E-state index contributed by atoms with van der Waals surface area (Å²) in [4.78, 5) is 13.8. The van der Waals surface area contributed by atoms with E-state index in [1.165, 1.54) is 36.9 Å². The van der Waals surface area contributed by atoms with Gasteiger partial charge in [-0.05, 0) is 64.9 Å². The van der Waals surface area contributed by atoms with E-state index in [1.807, 2.05) is 30.3 Å². The molecule has 0 radical (unpaired) electrons. The number of aromatic nitrogens is 4. The van der Waals surface area contributed by atoms with Crippen molar-refractivity contribution in [2.75, 3.05) is 5.32 Å². The first-order valence-electron chi connectivity index (χ1n) is 8.74. The molecular formula is C18H20N6OS. The van der Waals surface area contributed by atoms with Gasteiger partial charge >= 0.3 is 6.03 Å². The van der Waals surface area contributed by atoms with Crippen molar-refractivity contribution in [3.63, 3.8) is 0 Å². The second kappa shape index (κ2) is 7.65. The number of thiophene rings is 1. The van der Waals surface area contributed by atoms with Gasteiger partial charge in [-0.1, -0.05) is 18.9 Å². The fourth-order valence-corrected chi connectivity index (χ4v) is 4.34. The largest absolute Gasteiger partial charge is 0.330 e. The van der Waals surface area contributed by atoms with Crippen LogP contribution in [0.1, 0.15) is 36.6 Å². The third-order valence-corrected chi connectivity index (χ3v) is 5.70. The first-order valence-corrected chi connectivity index (χ1v) is 9.62. The van der Waals surface area contributed by atoms with Crippen molar-refractivity contribution in [1.82, 2.24) is 25.5 Å². The molecule has 8 heteroatoms. The quantitative estimate of drug-likeness (QED) is 0.718. The summed E-state index contributed by atoms with van der Waals surface area (Å²) in [5, 5.41) is 19.2. The third-order valence-electron chi connectivity index (χ3n) is 4.75. The SMILES string of the molecule is O=C(Nc1ccc(-n2cnnn2)cc1)NC(c1cccs1)C1CCCC1. The Morgan fingerprint density at radius 2 is 2.00 bits per heavy atom. The van der Waals surface area contributed by atoms with Crippen LogP contribution in [0.25, 0.3) is 5.69 Å². The molecule has 0 aliphatic heterocycles. The van der Waals surface area contributed by atoms with Gasteiger partial charge in [0, 0.05) is 10.6 Å². The van der Waals surface area contributed by atoms with E-state index in [9.17, 15) is 4.79 Å². The molecule has 26 heavy (non-hydrogen) atoms. The van der Waals surface area contributed by atoms with Crippen molar-refractivity contribution in [2.45, 2.75) is 31.7 Å². The lowest BCUT2D eigenvalue weighted by molar-refractivity contribution is 0.243. The third kappa shape index (κ3) is 3.75. The molecule has 2 N–H and O–H groups in total. The van der Waals surface area contributed by atoms with Crippen LogP contribution in [0.4, 0.5) is 10.5 Å². The molecule has 2 aromatic heterocycles. The van der Waals surface area contributed by atoms with E-state index in [2.05, 4.69) is 37.6 Å². The van der Waals surface area contributed by atoms with Crippen molar-refractivity contribution in [1.29, 1.82) is 0 Å². The Bertz CT molecular complexity index is 825. The number of tetrazole rings is 1. The van der Waals surface area contributed by atoms with Crippen LogP contribution in [0.5, 0.6) is 0 Å². The zero-order chi connectivity index (χ0) is 17.8. The van der Waals surface area contributed by atoms with Crippen molar-refractivity contribution in [3.05, 3.63) is 53.0 Å². The summed E-state index contributed by atoms with van der Waals surface area (Å²) >= 11 is 1.70. The Kier molecular flexibility index (Phi) is 4.92. The van der Waals surface area contributed by atoms with Gasteiger partial charge in [-0.2, -0.15) is 0 Å². The lowest BCUT2D eigenvalue weighted by atomic mass is 9.97. The summed E-state index contributed by atoms with van der Waals surface area (Å²) < 4.78 is 1.57. The maximum Gasteiger partial charge on any atom is 0.319 e. The lowest BCUT2D eigenvalue weighted by Gasteiger charge is -2.24. The second-order valence-electron chi connectivity index (χ2n) is 6.44. The number of rotatable bonds is 5. The predicted molar refractivity (Wildman–Crippen MR) is 100 cm³/mol. The molecule has 3 aromatic rings. The van der Waals surface area contributed by atoms with Crippen LogP contribution in [0, 0.1) is 5.92 Å². The van der Waals surface area contributed by atoms with E-state index < -0.39 is 0 Å². The number of nitrogens with zero attached hydrogens (tertiary/aromatic N) is 4. The minimum Gasteiger partial charge on any atom is -0.330 e. The van der Waals surface area contributed by atoms with Gasteiger partial charge in [0.25, 0.3) is 0 Å². The van der Waals surface area contributed by atoms with Crippen LogP contribution in [0.2, 0.25) is 0 Å². The highest BCUT2D eigenvalue weighted by Gasteiger charge is 2.28. The highest BCUT2D eigenvalue weighted by Crippen LogP contribution is 2.37. The van der Waals surface area contributed by atoms with Gasteiger partial charge < -0.3 is 10.6 Å². The Labute approximate surface area is 155 Å². The summed E-state index contributed by atoms with van der Waals surface area (Å²) in [5.41, 5.74) is 1.57. The highest BCUT2D eigenvalue weighted by molar-refractivity contribution is 7.10. The van der Waals surface area contributed by atoms with Crippen LogP contribution in [0.3, 0.4) is 0 Å². The smallest absolute Gasteiger partial charge is 0.319 e. The van der Waals surface area contributed by atoms with Crippen molar-refractivity contribution in [3.8, 4) is 5.69 Å². The van der Waals surface area contributed by atoms with Gasteiger partial charge in [0.05, 0.1) is 11.7 Å². The van der Waals surface area contributed by atoms with E-state index >= 15 is 0 Å². The fraction of sp³-hybridized carbons (Fsp3) is 0.333. The van der Waals surface area contributed by atoms with Gasteiger partial charge in [-0.3, -0.25) is 0 Å². The maximum atomic E-state index is 12.5. The number of hydrogen-bond donors (Lipinski definition) is 2. The summed E-state index contributed by atoms with van der Waals surface area (Å²) in [7, 11) is 0. The maximum absolute atomic E-state index is 12.5. The number of nitrogens with one attached hydrogen (secondary N) is 2. The van der Waals surface area contributed by atoms with Crippen LogP contribution in [-0.4, -0.2) is 26.2 Å². The van der Waals surface area contributed by atoms with Gasteiger partial charge in [-0.25, -0.2) is 9.48 Å². The fourth-order valence-electron chi connectivity index (χ4n) is 3.47. The first-order chi connectivity index (χ1) is 12.8. The van der Waals surface area contributed by atoms with E-state index in [4.69, 9.17) is 0 Å². The number of anilines is 1. The Hall–Kier alpha value is -2.74. The zero-order valence-electron chi connectivity index (χ0n) is 14.2. The van der Waals surface area contributed by atoms with E-state index in [-0.39, 0.29) is 12.1 Å². The molecule has 7 nitrogen and oxygen atoms in total. The van der Waals surface area contributed by atoms with Gasteiger partial charge in [0.1, 0.15) is 6.33 Å². The molecule has 1 aromatic carbocycles. The summed E-state index contributed by atoms with van der Waals surface area (Å²) in [6.07, 6.45) is 6.36. The molecule has 2 heterocycles. The molecule has 1 atom stereocenters. The standard InChI is InChI=1S/C18H20N6OS/c25-18(20-14-7-9-15(10-8-14)24-12-19-22-23-24)21-17(13-4-1-2-5-13)16-6-3-11-26-16/h3,6-13,17H,1-2,4-5H2,(H2,20,21,25). The molecule has 0 bridgehead atoms. The lowest BCUT2D eigenvalue weighted by Crippen LogP contribution is -2.35. The highest BCUT2D eigenvalue weighted by atomic mass is 32.1. The molecule has 0 saturated heterocycles. The number of amides is 2. The van der Waals surface area contributed by atoms with Crippen LogP contribution in [-0.2, 0) is 0 Å². The number of benzene rings is 1. The predicted octanol–water partition coefficient (Wildman–Crippen LogP) is 3.78. The van der Waals surface area contributed by atoms with E-state index in [0.29, 0.717) is 5.92 Å². The Morgan fingerprint density at radius 3 is 2.65 bits per heavy atom. The monoisotopic (exact) mass is 368 g/mol. The van der Waals surface area contributed by atoms with E-state index in [0.717, 1.165) is 11.4 Å². The van der Waals surface area contributed by atoms with Crippen molar-refractivity contribution >= 4 is 23.1 Å². The van der Waals surface area contributed by atoms with Crippen molar-refractivity contribution < 1.29 is 4.79 Å². The molecule has 4 rings (SSSR count). The molecule has 1 saturated carbocycles. The van der Waals surface area contributed by atoms with Gasteiger partial charge in [0.15, 0.2) is 0 Å². The van der Waals surface area contributed by atoms with Crippen molar-refractivity contribution in [2.24, 2.45) is 5.92 Å². The molecule has 1 fully saturated rings. The minimum absolute atomic E-state index is 0.0815. The van der Waals surface area contributed by atoms with Crippen LogP contribution >= 0.6 is 11.3 Å². The van der Waals surface area contributed by atoms with Gasteiger partial charge in [0.2, 0.25) is 0 Å². The molecule has 1 unspecified atom stereocenters. The number of urea groups is 1. The number of hydrogen-bond acceptors (Lipinski definition) is 5. The van der Waals surface area contributed by atoms with Gasteiger partial charge in [-0.15, -0.1) is 16.4 Å². The summed E-state index contributed by atoms with van der Waals surface area (Å²) in [6, 6.07) is 11.5. The average Bonchev–Trinajstić information content (AvgIpc) is 3.44. The Morgan fingerprint density at radius 1 is 1.19 bits per heavy atom. The number of carbonyl (C=O) groups excluding carboxylic acids is 1. The van der Waals surface area contributed by atoms with E-state index in [1.54, 1.807) is 16.0 Å². The minimum atomic E-state index is -0.175. The topological polar surface area (TPSA) is 84.7 Å². The molecule has 0 spiro atoms. The molecule has 2 amide bonds. The second-order valence-corrected chi connectivity index (χ2v) is 7.42. The zero-order valence-corrected chi connectivity index (χ0v) is 15.0. The summed E-state index contributed by atoms with van der Waals surface area (Å²) in [5.74, 6) is 0.515. The molecule has 1 aliphatic carbocycles. The van der Waals surface area contributed by atoms with Crippen LogP contribution < -0.4 is 10.6 Å². The molecule has 134 valence electrons. The van der Waals surface area contributed by atoms with Crippen LogP contribution in [0.15, 0.2) is 48.1 Å². The number of carbonyl (C=O) groups is 1. The first kappa shape index (κ1) is 16.7. The Balaban J connectivity index is 1.42.